The lowest BCUT2D eigenvalue weighted by Gasteiger charge is -2.15. The minimum absolute atomic E-state index is 0.0946. The lowest BCUT2D eigenvalue weighted by Crippen LogP contribution is -2.43. The van der Waals surface area contributed by atoms with Crippen LogP contribution < -0.4 is 10.6 Å². The van der Waals surface area contributed by atoms with Gasteiger partial charge < -0.3 is 10.4 Å². The molecule has 0 spiro atoms. The standard InChI is InChI=1S/C24H26N6O5S/c1-16(31)36-15-19(12-17-8-4-2-5-9-17)22(33)26-24-27-29-30(28-24)14-21(32)25-20(23(34)35)13-18-10-6-3-7-11-18/h2-11,19-20H,12-15H2,1H3,(H,25,32)(H,34,35)(H,26,28,33)/t19-,20+/m1/s1. The Morgan fingerprint density at radius 2 is 1.58 bits per heavy atom. The molecule has 11 nitrogen and oxygen atoms in total. The van der Waals surface area contributed by atoms with Crippen molar-refractivity contribution in [3.05, 3.63) is 71.8 Å². The van der Waals surface area contributed by atoms with Gasteiger partial charge in [0, 0.05) is 19.1 Å². The number of rotatable bonds is 12. The highest BCUT2D eigenvalue weighted by Gasteiger charge is 2.23. The molecule has 0 bridgehead atoms. The number of thioether (sulfide) groups is 1. The molecule has 0 aliphatic heterocycles. The zero-order valence-electron chi connectivity index (χ0n) is 19.5. The van der Waals surface area contributed by atoms with Crippen molar-refractivity contribution in [2.45, 2.75) is 32.4 Å². The van der Waals surface area contributed by atoms with Gasteiger partial charge in [-0.05, 0) is 22.8 Å². The Bertz CT molecular complexity index is 1190. The summed E-state index contributed by atoms with van der Waals surface area (Å²) < 4.78 is 0. The molecule has 2 amide bonds. The van der Waals surface area contributed by atoms with Crippen molar-refractivity contribution in [2.24, 2.45) is 5.92 Å². The Morgan fingerprint density at radius 3 is 2.17 bits per heavy atom. The molecule has 188 valence electrons. The number of anilines is 1. The number of hydrogen-bond donors (Lipinski definition) is 3. The molecule has 0 aliphatic carbocycles. The summed E-state index contributed by atoms with van der Waals surface area (Å²) in [4.78, 5) is 49.2. The Hall–Kier alpha value is -4.06. The fraction of sp³-hybridized carbons (Fsp3) is 0.292. The van der Waals surface area contributed by atoms with Crippen molar-refractivity contribution in [1.29, 1.82) is 0 Å². The first-order valence-electron chi connectivity index (χ1n) is 11.1. The van der Waals surface area contributed by atoms with E-state index in [2.05, 4.69) is 26.0 Å². The second kappa shape index (κ2) is 13.1. The van der Waals surface area contributed by atoms with E-state index in [9.17, 15) is 24.3 Å². The summed E-state index contributed by atoms with van der Waals surface area (Å²) in [7, 11) is 0. The number of nitrogens with one attached hydrogen (secondary N) is 2. The summed E-state index contributed by atoms with van der Waals surface area (Å²) in [5.74, 6) is -2.51. The van der Waals surface area contributed by atoms with Gasteiger partial charge in [-0.1, -0.05) is 77.5 Å². The van der Waals surface area contributed by atoms with Crippen LogP contribution >= 0.6 is 11.8 Å². The van der Waals surface area contributed by atoms with Crippen molar-refractivity contribution in [2.75, 3.05) is 11.1 Å². The maximum absolute atomic E-state index is 12.9. The summed E-state index contributed by atoms with van der Waals surface area (Å²) in [6.07, 6.45) is 0.538. The zero-order chi connectivity index (χ0) is 25.9. The van der Waals surface area contributed by atoms with Crippen LogP contribution in [-0.4, -0.2) is 60.0 Å². The van der Waals surface area contributed by atoms with E-state index in [0.29, 0.717) is 6.42 Å². The number of carbonyl (C=O) groups excluding carboxylic acids is 3. The van der Waals surface area contributed by atoms with Crippen molar-refractivity contribution in [1.82, 2.24) is 25.5 Å². The van der Waals surface area contributed by atoms with E-state index < -0.39 is 23.8 Å². The molecule has 0 aliphatic rings. The second-order valence-electron chi connectivity index (χ2n) is 7.97. The van der Waals surface area contributed by atoms with Crippen LogP contribution in [0.3, 0.4) is 0 Å². The van der Waals surface area contributed by atoms with E-state index in [1.807, 2.05) is 36.4 Å². The number of amides is 2. The Kier molecular flexibility index (Phi) is 9.69. The summed E-state index contributed by atoms with van der Waals surface area (Å²) >= 11 is 1.06. The van der Waals surface area contributed by atoms with Crippen LogP contribution in [0.5, 0.6) is 0 Å². The highest BCUT2D eigenvalue weighted by Crippen LogP contribution is 2.17. The Morgan fingerprint density at radius 1 is 0.972 bits per heavy atom. The molecule has 3 rings (SSSR count). The van der Waals surface area contributed by atoms with Crippen molar-refractivity contribution >= 4 is 40.6 Å². The molecule has 0 fully saturated rings. The number of nitrogens with zero attached hydrogens (tertiary/aromatic N) is 4. The van der Waals surface area contributed by atoms with Crippen LogP contribution in [0.4, 0.5) is 5.95 Å². The molecule has 0 saturated carbocycles. The topological polar surface area (TPSA) is 156 Å². The van der Waals surface area contributed by atoms with Gasteiger partial charge in [-0.25, -0.2) is 4.79 Å². The first kappa shape index (κ1) is 26.5. The third-order valence-corrected chi connectivity index (χ3v) is 6.05. The Labute approximate surface area is 211 Å². The van der Waals surface area contributed by atoms with Gasteiger partial charge >= 0.3 is 5.97 Å². The zero-order valence-corrected chi connectivity index (χ0v) is 20.4. The minimum atomic E-state index is -1.17. The van der Waals surface area contributed by atoms with E-state index in [-0.39, 0.29) is 35.7 Å². The molecular formula is C24H26N6O5S. The molecule has 0 radical (unpaired) electrons. The minimum Gasteiger partial charge on any atom is -0.480 e. The number of aromatic nitrogens is 4. The smallest absolute Gasteiger partial charge is 0.326 e. The lowest BCUT2D eigenvalue weighted by molar-refractivity contribution is -0.142. The monoisotopic (exact) mass is 510 g/mol. The fourth-order valence-corrected chi connectivity index (χ4v) is 4.04. The average molecular weight is 511 g/mol. The van der Waals surface area contributed by atoms with Crippen molar-refractivity contribution in [3.63, 3.8) is 0 Å². The largest absolute Gasteiger partial charge is 0.480 e. The van der Waals surface area contributed by atoms with E-state index in [4.69, 9.17) is 0 Å². The number of tetrazole rings is 1. The summed E-state index contributed by atoms with van der Waals surface area (Å²) in [5.41, 5.74) is 1.71. The van der Waals surface area contributed by atoms with E-state index in [0.717, 1.165) is 27.7 Å². The Balaban J connectivity index is 1.58. The molecule has 0 saturated heterocycles. The van der Waals surface area contributed by atoms with Crippen LogP contribution in [0.25, 0.3) is 0 Å². The number of benzene rings is 2. The van der Waals surface area contributed by atoms with E-state index in [1.54, 1.807) is 24.3 Å². The van der Waals surface area contributed by atoms with E-state index >= 15 is 0 Å². The third-order valence-electron chi connectivity index (χ3n) is 5.07. The van der Waals surface area contributed by atoms with Crippen LogP contribution in [0.15, 0.2) is 60.7 Å². The molecule has 0 unspecified atom stereocenters. The predicted molar refractivity (Wildman–Crippen MR) is 133 cm³/mol. The van der Waals surface area contributed by atoms with Gasteiger partial charge in [0.2, 0.25) is 11.8 Å². The summed E-state index contributed by atoms with van der Waals surface area (Å²) in [5, 5.41) is 25.9. The average Bonchev–Trinajstić information content (AvgIpc) is 3.28. The lowest BCUT2D eigenvalue weighted by atomic mass is 10.0. The highest BCUT2D eigenvalue weighted by atomic mass is 32.2. The van der Waals surface area contributed by atoms with Crippen molar-refractivity contribution < 1.29 is 24.3 Å². The van der Waals surface area contributed by atoms with Gasteiger partial charge in [-0.2, -0.15) is 4.80 Å². The normalized spacial score (nSPS) is 12.4. The number of carbonyl (C=O) groups is 4. The summed E-state index contributed by atoms with van der Waals surface area (Å²) in [6.45, 7) is 1.06. The van der Waals surface area contributed by atoms with E-state index in [1.165, 1.54) is 6.92 Å². The maximum Gasteiger partial charge on any atom is 0.326 e. The highest BCUT2D eigenvalue weighted by molar-refractivity contribution is 8.13. The fourth-order valence-electron chi connectivity index (χ4n) is 3.33. The molecule has 2 aromatic carbocycles. The molecule has 2 atom stereocenters. The van der Waals surface area contributed by atoms with Gasteiger partial charge in [-0.3, -0.25) is 19.7 Å². The van der Waals surface area contributed by atoms with Gasteiger partial charge in [0.15, 0.2) is 5.12 Å². The van der Waals surface area contributed by atoms with Gasteiger partial charge in [0.25, 0.3) is 5.95 Å². The first-order valence-corrected chi connectivity index (χ1v) is 12.1. The number of hydrogen-bond acceptors (Lipinski definition) is 8. The molecule has 1 heterocycles. The van der Waals surface area contributed by atoms with Gasteiger partial charge in [0.1, 0.15) is 12.6 Å². The molecule has 12 heteroatoms. The van der Waals surface area contributed by atoms with Crippen LogP contribution in [0.2, 0.25) is 0 Å². The predicted octanol–water partition coefficient (Wildman–Crippen LogP) is 1.56. The molecule has 3 aromatic rings. The summed E-state index contributed by atoms with van der Waals surface area (Å²) in [6, 6.07) is 17.2. The first-order chi connectivity index (χ1) is 17.3. The number of carboxylic acid groups (broad SMARTS) is 1. The quantitative estimate of drug-likeness (QED) is 0.329. The molecular weight excluding hydrogens is 484 g/mol. The number of carboxylic acids is 1. The molecule has 1 aromatic heterocycles. The van der Waals surface area contributed by atoms with Gasteiger partial charge in [0.05, 0.1) is 5.92 Å². The second-order valence-corrected chi connectivity index (χ2v) is 9.17. The van der Waals surface area contributed by atoms with Gasteiger partial charge in [-0.15, -0.1) is 5.10 Å². The van der Waals surface area contributed by atoms with Crippen molar-refractivity contribution in [3.8, 4) is 0 Å². The molecule has 36 heavy (non-hydrogen) atoms. The van der Waals surface area contributed by atoms with Crippen LogP contribution in [-0.2, 0) is 38.6 Å². The van der Waals surface area contributed by atoms with Crippen LogP contribution in [0.1, 0.15) is 18.1 Å². The number of aliphatic carboxylic acids is 1. The maximum atomic E-state index is 12.9. The van der Waals surface area contributed by atoms with Crippen LogP contribution in [0, 0.1) is 5.92 Å². The third kappa shape index (κ3) is 8.62. The SMILES string of the molecule is CC(=O)SC[C@@H](Cc1ccccc1)C(=O)Nc1nnn(CC(=O)N[C@@H](Cc2ccccc2)C(=O)O)n1. The molecule has 3 N–H and O–H groups in total.